The van der Waals surface area contributed by atoms with Crippen molar-refractivity contribution >= 4 is 11.6 Å². The predicted molar refractivity (Wildman–Crippen MR) is 75.3 cm³/mol. The van der Waals surface area contributed by atoms with E-state index in [1.807, 2.05) is 25.1 Å². The Hall–Kier alpha value is -1.49. The zero-order valence-corrected chi connectivity index (χ0v) is 11.7. The summed E-state index contributed by atoms with van der Waals surface area (Å²) in [7, 11) is 1.62. The van der Waals surface area contributed by atoms with Crippen LogP contribution in [0.15, 0.2) is 34.9 Å². The number of hydrogen-bond acceptors (Lipinski definition) is 4. The van der Waals surface area contributed by atoms with E-state index in [9.17, 15) is 0 Å². The smallest absolute Gasteiger partial charge is 0.124 e. The molecule has 1 aromatic heterocycles. The minimum absolute atomic E-state index is 0.220. The van der Waals surface area contributed by atoms with Gasteiger partial charge in [-0.3, -0.25) is 5.84 Å². The lowest BCUT2D eigenvalue weighted by Crippen LogP contribution is -2.29. The number of nitrogens with two attached hydrogens (primary N) is 1. The molecule has 0 aliphatic heterocycles. The zero-order valence-electron chi connectivity index (χ0n) is 10.9. The van der Waals surface area contributed by atoms with Gasteiger partial charge in [-0.05, 0) is 24.3 Å². The van der Waals surface area contributed by atoms with Crippen molar-refractivity contribution in [3.63, 3.8) is 0 Å². The molecule has 0 spiro atoms. The number of nitrogens with one attached hydrogen (secondary N) is 1. The third-order valence-corrected chi connectivity index (χ3v) is 3.32. The van der Waals surface area contributed by atoms with Gasteiger partial charge in [0.1, 0.15) is 11.5 Å². The molecule has 1 heterocycles. The van der Waals surface area contributed by atoms with Gasteiger partial charge in [0.2, 0.25) is 0 Å². The van der Waals surface area contributed by atoms with Crippen LogP contribution in [0.1, 0.15) is 29.9 Å². The summed E-state index contributed by atoms with van der Waals surface area (Å²) in [4.78, 5) is 0. The maximum atomic E-state index is 6.06. The first-order valence-corrected chi connectivity index (χ1v) is 6.44. The van der Waals surface area contributed by atoms with Gasteiger partial charge < -0.3 is 9.15 Å². The maximum Gasteiger partial charge on any atom is 0.124 e. The summed E-state index contributed by atoms with van der Waals surface area (Å²) in [5.74, 6) is 7.33. The first kappa shape index (κ1) is 13.9. The number of benzene rings is 1. The molecule has 4 nitrogen and oxygen atoms in total. The highest BCUT2D eigenvalue weighted by Crippen LogP contribution is 2.33. The maximum absolute atomic E-state index is 6.06. The van der Waals surface area contributed by atoms with E-state index >= 15 is 0 Å². The van der Waals surface area contributed by atoms with E-state index in [4.69, 9.17) is 26.6 Å². The van der Waals surface area contributed by atoms with Gasteiger partial charge in [0.05, 0.1) is 19.4 Å². The number of halogens is 1. The monoisotopic (exact) mass is 280 g/mol. The highest BCUT2D eigenvalue weighted by molar-refractivity contribution is 6.30. The van der Waals surface area contributed by atoms with Crippen LogP contribution < -0.4 is 16.0 Å². The van der Waals surface area contributed by atoms with Crippen molar-refractivity contribution in [2.75, 3.05) is 7.11 Å². The van der Waals surface area contributed by atoms with Gasteiger partial charge >= 0.3 is 0 Å². The summed E-state index contributed by atoms with van der Waals surface area (Å²) in [6.45, 7) is 2.03. The average Bonchev–Trinajstić information content (AvgIpc) is 2.88. The molecule has 0 radical (unpaired) electrons. The highest BCUT2D eigenvalue weighted by atomic mass is 35.5. The minimum atomic E-state index is -0.220. The van der Waals surface area contributed by atoms with E-state index in [2.05, 4.69) is 5.43 Å². The Morgan fingerprint density at radius 1 is 1.37 bits per heavy atom. The SMILES string of the molecule is CCc1occc1C(NN)c1cc(Cl)ccc1OC. The number of ether oxygens (including phenoxy) is 1. The van der Waals surface area contributed by atoms with Crippen molar-refractivity contribution in [2.24, 2.45) is 5.84 Å². The normalized spacial score (nSPS) is 12.4. The fourth-order valence-corrected chi connectivity index (χ4v) is 2.35. The number of methoxy groups -OCH3 is 1. The molecule has 0 aliphatic carbocycles. The fourth-order valence-electron chi connectivity index (χ4n) is 2.17. The van der Waals surface area contributed by atoms with Crippen LogP contribution in [0.25, 0.3) is 0 Å². The summed E-state index contributed by atoms with van der Waals surface area (Å²) in [5, 5.41) is 0.637. The Bertz CT molecular complexity index is 554. The van der Waals surface area contributed by atoms with Crippen LogP contribution in [0.4, 0.5) is 0 Å². The van der Waals surface area contributed by atoms with Gasteiger partial charge in [-0.15, -0.1) is 0 Å². The molecule has 5 heteroatoms. The van der Waals surface area contributed by atoms with Crippen LogP contribution in [-0.2, 0) is 6.42 Å². The second-order valence-electron chi connectivity index (χ2n) is 4.14. The van der Waals surface area contributed by atoms with Gasteiger partial charge in [-0.2, -0.15) is 0 Å². The summed E-state index contributed by atoms with van der Waals surface area (Å²) in [6.07, 6.45) is 2.46. The van der Waals surface area contributed by atoms with Crippen molar-refractivity contribution in [3.05, 3.63) is 52.4 Å². The quantitative estimate of drug-likeness (QED) is 0.653. The lowest BCUT2D eigenvalue weighted by Gasteiger charge is -2.19. The number of furan rings is 1. The highest BCUT2D eigenvalue weighted by Gasteiger charge is 2.21. The van der Waals surface area contributed by atoms with Gasteiger partial charge in [0.25, 0.3) is 0 Å². The molecular formula is C14H17ClN2O2. The van der Waals surface area contributed by atoms with Gasteiger partial charge in [0, 0.05) is 22.6 Å². The summed E-state index contributed by atoms with van der Waals surface area (Å²) >= 11 is 6.06. The van der Waals surface area contributed by atoms with Gasteiger partial charge in [0.15, 0.2) is 0 Å². The molecule has 2 rings (SSSR count). The molecule has 0 aliphatic rings. The number of rotatable bonds is 5. The van der Waals surface area contributed by atoms with E-state index in [0.717, 1.165) is 29.1 Å². The van der Waals surface area contributed by atoms with E-state index in [-0.39, 0.29) is 6.04 Å². The molecule has 3 N–H and O–H groups in total. The van der Waals surface area contributed by atoms with Crippen LogP contribution >= 0.6 is 11.6 Å². The summed E-state index contributed by atoms with van der Waals surface area (Å²) < 4.78 is 10.8. The Morgan fingerprint density at radius 3 is 2.79 bits per heavy atom. The van der Waals surface area contributed by atoms with Crippen LogP contribution in [0, 0.1) is 0 Å². The number of aryl methyl sites for hydroxylation is 1. The van der Waals surface area contributed by atoms with Crippen molar-refractivity contribution in [2.45, 2.75) is 19.4 Å². The number of hydrogen-bond donors (Lipinski definition) is 2. The van der Waals surface area contributed by atoms with Crippen LogP contribution in [0.2, 0.25) is 5.02 Å². The summed E-state index contributed by atoms with van der Waals surface area (Å²) in [5.41, 5.74) is 4.67. The van der Waals surface area contributed by atoms with E-state index < -0.39 is 0 Å². The number of hydrazine groups is 1. The first-order chi connectivity index (χ1) is 9.21. The Morgan fingerprint density at radius 2 is 2.16 bits per heavy atom. The molecular weight excluding hydrogens is 264 g/mol. The summed E-state index contributed by atoms with van der Waals surface area (Å²) in [6, 6.07) is 7.14. The third-order valence-electron chi connectivity index (χ3n) is 3.08. The molecule has 0 saturated carbocycles. The van der Waals surface area contributed by atoms with E-state index in [1.54, 1.807) is 19.4 Å². The van der Waals surface area contributed by atoms with Crippen molar-refractivity contribution in [1.29, 1.82) is 0 Å². The van der Waals surface area contributed by atoms with E-state index in [0.29, 0.717) is 5.02 Å². The molecule has 102 valence electrons. The standard InChI is InChI=1S/C14H17ClN2O2/c1-3-12-10(6-7-19-12)14(17-16)11-8-9(15)4-5-13(11)18-2/h4-8,14,17H,3,16H2,1-2H3. The molecule has 0 saturated heterocycles. The topological polar surface area (TPSA) is 60.4 Å². The Kier molecular flexibility index (Phi) is 4.47. The van der Waals surface area contributed by atoms with Gasteiger partial charge in [-0.25, -0.2) is 5.43 Å². The third kappa shape index (κ3) is 2.76. The fraction of sp³-hybridized carbons (Fsp3) is 0.286. The lowest BCUT2D eigenvalue weighted by molar-refractivity contribution is 0.403. The van der Waals surface area contributed by atoms with Crippen LogP contribution in [-0.4, -0.2) is 7.11 Å². The molecule has 0 bridgehead atoms. The minimum Gasteiger partial charge on any atom is -0.496 e. The first-order valence-electron chi connectivity index (χ1n) is 6.07. The average molecular weight is 281 g/mol. The van der Waals surface area contributed by atoms with Crippen LogP contribution in [0.3, 0.4) is 0 Å². The largest absolute Gasteiger partial charge is 0.496 e. The Balaban J connectivity index is 2.50. The van der Waals surface area contributed by atoms with Crippen molar-refractivity contribution < 1.29 is 9.15 Å². The second-order valence-corrected chi connectivity index (χ2v) is 4.58. The molecule has 0 fully saturated rings. The zero-order chi connectivity index (χ0) is 13.8. The molecule has 19 heavy (non-hydrogen) atoms. The molecule has 1 aromatic carbocycles. The molecule has 2 aromatic rings. The van der Waals surface area contributed by atoms with Crippen molar-refractivity contribution in [3.8, 4) is 5.75 Å². The van der Waals surface area contributed by atoms with Gasteiger partial charge in [-0.1, -0.05) is 18.5 Å². The molecule has 1 atom stereocenters. The molecule has 1 unspecified atom stereocenters. The second kappa shape index (κ2) is 6.10. The van der Waals surface area contributed by atoms with Crippen molar-refractivity contribution in [1.82, 2.24) is 5.43 Å². The van der Waals surface area contributed by atoms with Crippen LogP contribution in [0.5, 0.6) is 5.75 Å². The predicted octanol–water partition coefficient (Wildman–Crippen LogP) is 3.06. The Labute approximate surface area is 117 Å². The lowest BCUT2D eigenvalue weighted by atomic mass is 9.98. The molecule has 0 amide bonds. The van der Waals surface area contributed by atoms with E-state index in [1.165, 1.54) is 0 Å².